The molecule has 0 bridgehead atoms. The van der Waals surface area contributed by atoms with Crippen molar-refractivity contribution in [3.8, 4) is 11.3 Å². The van der Waals surface area contributed by atoms with E-state index in [4.69, 9.17) is 13.6 Å². The monoisotopic (exact) mass is 417 g/mol. The standard InChI is InChI=1S/C25H23NO5/c1-15-4-7-18(8-5-15)21-13-26-22(30-21)10-11-23(27)29-14-19-12-24(28)31-25-17(3)16(2)6-9-20(19)25/h4-9,12-13H,10-11,14H2,1-3H3. The van der Waals surface area contributed by atoms with Gasteiger partial charge in [-0.3, -0.25) is 4.79 Å². The van der Waals surface area contributed by atoms with Crippen LogP contribution in [0.1, 0.15) is 34.6 Å². The van der Waals surface area contributed by atoms with Crippen LogP contribution in [-0.2, 0) is 22.6 Å². The quantitative estimate of drug-likeness (QED) is 0.323. The molecule has 6 nitrogen and oxygen atoms in total. The van der Waals surface area contributed by atoms with Crippen LogP contribution in [-0.4, -0.2) is 11.0 Å². The van der Waals surface area contributed by atoms with E-state index >= 15 is 0 Å². The predicted molar refractivity (Wildman–Crippen MR) is 117 cm³/mol. The Hall–Kier alpha value is -3.67. The van der Waals surface area contributed by atoms with Crippen LogP contribution in [0.15, 0.2) is 62.3 Å². The normalized spacial score (nSPS) is 11.1. The van der Waals surface area contributed by atoms with Crippen LogP contribution in [0.3, 0.4) is 0 Å². The summed E-state index contributed by atoms with van der Waals surface area (Å²) < 4.78 is 16.5. The maximum atomic E-state index is 12.3. The van der Waals surface area contributed by atoms with Crippen LogP contribution in [0.25, 0.3) is 22.3 Å². The van der Waals surface area contributed by atoms with Gasteiger partial charge >= 0.3 is 11.6 Å². The number of aromatic nitrogens is 1. The second kappa shape index (κ2) is 8.60. The summed E-state index contributed by atoms with van der Waals surface area (Å²) in [5.74, 6) is 0.751. The van der Waals surface area contributed by atoms with Gasteiger partial charge in [0.05, 0.1) is 12.6 Å². The van der Waals surface area contributed by atoms with Crippen LogP contribution in [0, 0.1) is 20.8 Å². The fraction of sp³-hybridized carbons (Fsp3) is 0.240. The summed E-state index contributed by atoms with van der Waals surface area (Å²) in [4.78, 5) is 28.4. The zero-order valence-electron chi connectivity index (χ0n) is 17.7. The highest BCUT2D eigenvalue weighted by molar-refractivity contribution is 5.84. The number of hydrogen-bond acceptors (Lipinski definition) is 6. The van der Waals surface area contributed by atoms with E-state index in [9.17, 15) is 9.59 Å². The summed E-state index contributed by atoms with van der Waals surface area (Å²) in [6.07, 6.45) is 2.12. The maximum absolute atomic E-state index is 12.3. The van der Waals surface area contributed by atoms with E-state index in [2.05, 4.69) is 4.98 Å². The Labute approximate surface area is 179 Å². The van der Waals surface area contributed by atoms with Gasteiger partial charge in [0.25, 0.3) is 0 Å². The van der Waals surface area contributed by atoms with Gasteiger partial charge in [-0.15, -0.1) is 0 Å². The fourth-order valence-electron chi connectivity index (χ4n) is 3.36. The van der Waals surface area contributed by atoms with E-state index in [1.165, 1.54) is 11.6 Å². The first-order chi connectivity index (χ1) is 14.9. The minimum atomic E-state index is -0.462. The first-order valence-electron chi connectivity index (χ1n) is 10.1. The third-order valence-corrected chi connectivity index (χ3v) is 5.34. The van der Waals surface area contributed by atoms with Crippen molar-refractivity contribution in [1.82, 2.24) is 4.98 Å². The van der Waals surface area contributed by atoms with Crippen molar-refractivity contribution in [2.45, 2.75) is 40.2 Å². The molecule has 6 heteroatoms. The van der Waals surface area contributed by atoms with E-state index in [0.717, 1.165) is 22.1 Å². The van der Waals surface area contributed by atoms with Crippen LogP contribution in [0.2, 0.25) is 0 Å². The lowest BCUT2D eigenvalue weighted by Crippen LogP contribution is -2.09. The van der Waals surface area contributed by atoms with Crippen LogP contribution < -0.4 is 5.63 Å². The molecule has 2 aromatic heterocycles. The lowest BCUT2D eigenvalue weighted by molar-refractivity contribution is -0.144. The van der Waals surface area contributed by atoms with Crippen LogP contribution >= 0.6 is 0 Å². The third-order valence-electron chi connectivity index (χ3n) is 5.34. The number of oxazole rings is 1. The number of fused-ring (bicyclic) bond motifs is 1. The van der Waals surface area contributed by atoms with Gasteiger partial charge in [0.15, 0.2) is 11.7 Å². The zero-order chi connectivity index (χ0) is 22.0. The second-order valence-corrected chi connectivity index (χ2v) is 7.62. The lowest BCUT2D eigenvalue weighted by atomic mass is 10.0. The number of nitrogens with zero attached hydrogens (tertiary/aromatic N) is 1. The fourth-order valence-corrected chi connectivity index (χ4v) is 3.36. The van der Waals surface area contributed by atoms with Crippen LogP contribution in [0.4, 0.5) is 0 Å². The summed E-state index contributed by atoms with van der Waals surface area (Å²) in [5.41, 5.74) is 4.72. The smallest absolute Gasteiger partial charge is 0.336 e. The van der Waals surface area contributed by atoms with Gasteiger partial charge in [0.1, 0.15) is 12.2 Å². The Morgan fingerprint density at radius 1 is 1.03 bits per heavy atom. The summed E-state index contributed by atoms with van der Waals surface area (Å²) in [5, 5.41) is 0.769. The van der Waals surface area contributed by atoms with Crippen molar-refractivity contribution in [2.75, 3.05) is 0 Å². The molecule has 158 valence electrons. The van der Waals surface area contributed by atoms with Gasteiger partial charge in [-0.2, -0.15) is 0 Å². The summed E-state index contributed by atoms with van der Waals surface area (Å²) >= 11 is 0. The highest BCUT2D eigenvalue weighted by atomic mass is 16.5. The van der Waals surface area contributed by atoms with Gasteiger partial charge in [0.2, 0.25) is 0 Å². The predicted octanol–water partition coefficient (Wildman–Crippen LogP) is 5.05. The molecule has 0 aliphatic carbocycles. The maximum Gasteiger partial charge on any atom is 0.336 e. The molecule has 4 aromatic rings. The Kier molecular flexibility index (Phi) is 5.71. The molecule has 0 saturated heterocycles. The Morgan fingerprint density at radius 3 is 2.58 bits per heavy atom. The number of rotatable bonds is 6. The number of benzene rings is 2. The molecule has 0 aliphatic heterocycles. The molecule has 0 saturated carbocycles. The Morgan fingerprint density at radius 2 is 1.81 bits per heavy atom. The van der Waals surface area contributed by atoms with E-state index in [0.29, 0.717) is 29.2 Å². The number of carbonyl (C=O) groups excluding carboxylic acids is 1. The number of carbonyl (C=O) groups is 1. The molecule has 2 aromatic carbocycles. The Bertz CT molecular complexity index is 1300. The van der Waals surface area contributed by atoms with Crippen LogP contribution in [0.5, 0.6) is 0 Å². The molecule has 31 heavy (non-hydrogen) atoms. The van der Waals surface area contributed by atoms with Crippen molar-refractivity contribution >= 4 is 16.9 Å². The van der Waals surface area contributed by atoms with Crippen molar-refractivity contribution in [3.05, 3.63) is 87.2 Å². The third kappa shape index (κ3) is 4.58. The second-order valence-electron chi connectivity index (χ2n) is 7.62. The molecule has 2 heterocycles. The first kappa shape index (κ1) is 20.6. The number of esters is 1. The molecule has 0 atom stereocenters. The van der Waals surface area contributed by atoms with E-state index < -0.39 is 5.63 Å². The summed E-state index contributed by atoms with van der Waals surface area (Å²) in [7, 11) is 0. The van der Waals surface area contributed by atoms with E-state index in [1.807, 2.05) is 57.2 Å². The molecule has 0 amide bonds. The van der Waals surface area contributed by atoms with Gasteiger partial charge < -0.3 is 13.6 Å². The Balaban J connectivity index is 1.39. The molecule has 0 fully saturated rings. The van der Waals surface area contributed by atoms with Crippen molar-refractivity contribution in [2.24, 2.45) is 0 Å². The minimum absolute atomic E-state index is 0.00361. The van der Waals surface area contributed by atoms with E-state index in [-0.39, 0.29) is 19.0 Å². The molecule has 4 rings (SSSR count). The molecule has 0 spiro atoms. The molecule has 0 radical (unpaired) electrons. The molecule has 0 unspecified atom stereocenters. The molecular formula is C25H23NO5. The van der Waals surface area contributed by atoms with Gasteiger partial charge in [-0.1, -0.05) is 42.0 Å². The van der Waals surface area contributed by atoms with Gasteiger partial charge in [0, 0.05) is 29.0 Å². The topological polar surface area (TPSA) is 82.5 Å². The molecule has 0 aliphatic rings. The number of ether oxygens (including phenoxy) is 1. The van der Waals surface area contributed by atoms with Crippen molar-refractivity contribution in [3.63, 3.8) is 0 Å². The largest absolute Gasteiger partial charge is 0.461 e. The summed E-state index contributed by atoms with van der Waals surface area (Å²) in [6, 6.07) is 13.2. The lowest BCUT2D eigenvalue weighted by Gasteiger charge is -2.09. The van der Waals surface area contributed by atoms with Gasteiger partial charge in [-0.25, -0.2) is 9.78 Å². The number of aryl methyl sites for hydroxylation is 4. The first-order valence-corrected chi connectivity index (χ1v) is 10.1. The van der Waals surface area contributed by atoms with E-state index in [1.54, 1.807) is 6.20 Å². The SMILES string of the molecule is Cc1ccc(-c2cnc(CCC(=O)OCc3cc(=O)oc4c(C)c(C)ccc34)o2)cc1. The minimum Gasteiger partial charge on any atom is -0.461 e. The molecule has 0 N–H and O–H groups in total. The van der Waals surface area contributed by atoms with Gasteiger partial charge in [-0.05, 0) is 31.9 Å². The average Bonchev–Trinajstić information content (AvgIpc) is 3.23. The molecular weight excluding hydrogens is 394 g/mol. The zero-order valence-corrected chi connectivity index (χ0v) is 17.7. The number of hydrogen-bond donors (Lipinski definition) is 0. The summed E-state index contributed by atoms with van der Waals surface area (Å²) in [6.45, 7) is 5.88. The highest BCUT2D eigenvalue weighted by Crippen LogP contribution is 2.24. The van der Waals surface area contributed by atoms with Crippen molar-refractivity contribution in [1.29, 1.82) is 0 Å². The highest BCUT2D eigenvalue weighted by Gasteiger charge is 2.13. The van der Waals surface area contributed by atoms with Crippen molar-refractivity contribution < 1.29 is 18.4 Å². The average molecular weight is 417 g/mol.